The molecule has 1 aliphatic rings. The molecule has 0 heterocycles. The van der Waals surface area contributed by atoms with E-state index in [-0.39, 0.29) is 0 Å². The van der Waals surface area contributed by atoms with Gasteiger partial charge in [0.05, 0.1) is 11.4 Å². The molecule has 6 rings (SSSR count). The normalized spacial score (nSPS) is 10.9. The zero-order valence-corrected chi connectivity index (χ0v) is 18.3. The Balaban J connectivity index is 0.000000151. The summed E-state index contributed by atoms with van der Waals surface area (Å²) < 4.78 is 0. The van der Waals surface area contributed by atoms with Crippen molar-refractivity contribution in [2.45, 2.75) is 6.42 Å². The third kappa shape index (κ3) is 4.81. The minimum atomic E-state index is 0.806. The van der Waals surface area contributed by atoms with Crippen molar-refractivity contribution >= 4 is 11.4 Å². The lowest BCUT2D eigenvalue weighted by Gasteiger charge is -2.24. The molecule has 2 nitrogen and oxygen atoms in total. The molecule has 0 spiro atoms. The molecule has 0 amide bonds. The Labute approximate surface area is 195 Å². The Hall–Kier alpha value is -4.30. The summed E-state index contributed by atoms with van der Waals surface area (Å²) in [6, 6.07) is 47.2. The number of benzene rings is 5. The Morgan fingerprint density at radius 1 is 0.424 bits per heavy atom. The van der Waals surface area contributed by atoms with Crippen LogP contribution in [0.5, 0.6) is 5.75 Å². The van der Waals surface area contributed by atoms with Gasteiger partial charge in [0.25, 0.3) is 0 Å². The van der Waals surface area contributed by atoms with Crippen molar-refractivity contribution in [2.75, 3.05) is 5.06 Å². The predicted octanol–water partition coefficient (Wildman–Crippen LogP) is 8.08. The van der Waals surface area contributed by atoms with Crippen LogP contribution in [0.3, 0.4) is 0 Å². The van der Waals surface area contributed by atoms with Crippen LogP contribution in [0.15, 0.2) is 140 Å². The Bertz CT molecular complexity index is 1220. The minimum absolute atomic E-state index is 0.806. The van der Waals surface area contributed by atoms with Crippen LogP contribution in [0.4, 0.5) is 11.4 Å². The maximum Gasteiger partial charge on any atom is 0.155 e. The second kappa shape index (κ2) is 9.88. The summed E-state index contributed by atoms with van der Waals surface area (Å²) in [5.74, 6) is 0.806. The summed E-state index contributed by atoms with van der Waals surface area (Å²) >= 11 is 0. The van der Waals surface area contributed by atoms with Crippen LogP contribution in [0, 0.1) is 0 Å². The van der Waals surface area contributed by atoms with Gasteiger partial charge in [-0.3, -0.25) is 0 Å². The highest BCUT2D eigenvalue weighted by atomic mass is 16.7. The molecule has 0 aromatic heterocycles. The van der Waals surface area contributed by atoms with Gasteiger partial charge in [-0.05, 0) is 65.1 Å². The van der Waals surface area contributed by atoms with E-state index in [4.69, 9.17) is 4.84 Å². The molecular weight excluding hydrogens is 402 g/mol. The maximum absolute atomic E-state index is 6.02. The van der Waals surface area contributed by atoms with Crippen LogP contribution in [0.25, 0.3) is 11.1 Å². The lowest BCUT2D eigenvalue weighted by molar-refractivity contribution is 0.324. The van der Waals surface area contributed by atoms with Crippen LogP contribution in [0.1, 0.15) is 11.1 Å². The summed E-state index contributed by atoms with van der Waals surface area (Å²) in [6.45, 7) is 0. The third-order valence-corrected chi connectivity index (χ3v) is 5.63. The molecular formula is C31H25NO. The van der Waals surface area contributed by atoms with E-state index < -0.39 is 0 Å². The van der Waals surface area contributed by atoms with Crippen molar-refractivity contribution in [1.29, 1.82) is 0 Å². The fourth-order valence-corrected chi connectivity index (χ4v) is 4.05. The van der Waals surface area contributed by atoms with E-state index in [1.165, 1.54) is 22.3 Å². The van der Waals surface area contributed by atoms with Gasteiger partial charge >= 0.3 is 0 Å². The van der Waals surface area contributed by atoms with Gasteiger partial charge < -0.3 is 4.84 Å². The van der Waals surface area contributed by atoms with Crippen LogP contribution in [-0.2, 0) is 6.42 Å². The molecule has 5 aromatic carbocycles. The molecule has 0 saturated carbocycles. The molecule has 0 unspecified atom stereocenters. The predicted molar refractivity (Wildman–Crippen MR) is 137 cm³/mol. The molecule has 0 fully saturated rings. The van der Waals surface area contributed by atoms with Gasteiger partial charge in [0.2, 0.25) is 0 Å². The smallest absolute Gasteiger partial charge is 0.155 e. The highest BCUT2D eigenvalue weighted by molar-refractivity contribution is 5.76. The number of hydrogen-bond acceptors (Lipinski definition) is 2. The van der Waals surface area contributed by atoms with Gasteiger partial charge in [-0.25, -0.2) is 0 Å². The Kier molecular flexibility index (Phi) is 6.17. The second-order valence-electron chi connectivity index (χ2n) is 7.86. The lowest BCUT2D eigenvalue weighted by atomic mass is 10.1. The zero-order valence-electron chi connectivity index (χ0n) is 18.3. The van der Waals surface area contributed by atoms with Crippen LogP contribution in [0.2, 0.25) is 0 Å². The van der Waals surface area contributed by atoms with Gasteiger partial charge in [-0.1, -0.05) is 103 Å². The lowest BCUT2D eigenvalue weighted by Crippen LogP contribution is -2.21. The zero-order chi connectivity index (χ0) is 22.3. The molecule has 0 aliphatic heterocycles. The van der Waals surface area contributed by atoms with Crippen molar-refractivity contribution in [2.24, 2.45) is 0 Å². The molecule has 0 saturated heterocycles. The first-order chi connectivity index (χ1) is 16.4. The summed E-state index contributed by atoms with van der Waals surface area (Å²) in [4.78, 5) is 6.02. The third-order valence-electron chi connectivity index (χ3n) is 5.63. The van der Waals surface area contributed by atoms with E-state index >= 15 is 0 Å². The van der Waals surface area contributed by atoms with E-state index in [9.17, 15) is 0 Å². The minimum Gasteiger partial charge on any atom is -0.375 e. The fraction of sp³-hybridized carbons (Fsp3) is 0.0323. The molecule has 160 valence electrons. The van der Waals surface area contributed by atoms with Crippen molar-refractivity contribution in [3.63, 3.8) is 0 Å². The standard InChI is InChI=1S/C18H15NO.C13H10/c1-4-10-16(11-5-1)19(17-12-6-2-7-13-17)20-18-14-8-3-9-15-18;1-3-7-12-10(5-1)9-11-6-2-4-8-13(11)12/h1-15H;1-8H,9H2. The average molecular weight is 428 g/mol. The second-order valence-corrected chi connectivity index (χ2v) is 7.86. The molecule has 5 aromatic rings. The van der Waals surface area contributed by atoms with Crippen LogP contribution in [-0.4, -0.2) is 0 Å². The monoisotopic (exact) mass is 427 g/mol. The van der Waals surface area contributed by atoms with E-state index in [0.717, 1.165) is 23.5 Å². The summed E-state index contributed by atoms with van der Waals surface area (Å²) in [5.41, 5.74) is 7.73. The van der Waals surface area contributed by atoms with E-state index in [2.05, 4.69) is 48.5 Å². The number of fused-ring (bicyclic) bond motifs is 3. The molecule has 0 N–H and O–H groups in total. The van der Waals surface area contributed by atoms with Gasteiger partial charge in [-0.15, -0.1) is 0 Å². The van der Waals surface area contributed by atoms with E-state index in [1.54, 1.807) is 0 Å². The highest BCUT2D eigenvalue weighted by Crippen LogP contribution is 2.35. The van der Waals surface area contributed by atoms with Gasteiger partial charge in [0.1, 0.15) is 0 Å². The topological polar surface area (TPSA) is 12.5 Å². The number of rotatable bonds is 4. The van der Waals surface area contributed by atoms with E-state index in [1.807, 2.05) is 96.1 Å². The van der Waals surface area contributed by atoms with Gasteiger partial charge in [0, 0.05) is 0 Å². The van der Waals surface area contributed by atoms with Crippen LogP contribution < -0.4 is 9.90 Å². The summed E-state index contributed by atoms with van der Waals surface area (Å²) in [6.07, 6.45) is 1.10. The first-order valence-corrected chi connectivity index (χ1v) is 11.2. The first-order valence-electron chi connectivity index (χ1n) is 11.2. The van der Waals surface area contributed by atoms with Crippen molar-refractivity contribution in [3.05, 3.63) is 151 Å². The molecule has 0 atom stereocenters. The molecule has 0 bridgehead atoms. The Morgan fingerprint density at radius 3 is 1.30 bits per heavy atom. The number of anilines is 2. The quantitative estimate of drug-likeness (QED) is 0.264. The SMILES string of the molecule is c1ccc(ON(c2ccccc2)c2ccccc2)cc1.c1ccc2c(c1)Cc1ccccc1-2. The Morgan fingerprint density at radius 2 is 0.818 bits per heavy atom. The average Bonchev–Trinajstić information content (AvgIpc) is 3.28. The van der Waals surface area contributed by atoms with Crippen molar-refractivity contribution < 1.29 is 4.84 Å². The number of nitrogens with zero attached hydrogens (tertiary/aromatic N) is 1. The fourth-order valence-electron chi connectivity index (χ4n) is 4.05. The molecule has 2 heteroatoms. The molecule has 1 aliphatic carbocycles. The van der Waals surface area contributed by atoms with Crippen molar-refractivity contribution in [1.82, 2.24) is 0 Å². The van der Waals surface area contributed by atoms with Gasteiger partial charge in [0.15, 0.2) is 5.75 Å². The maximum atomic E-state index is 6.02. The first kappa shape index (κ1) is 20.6. The summed E-state index contributed by atoms with van der Waals surface area (Å²) in [7, 11) is 0. The summed E-state index contributed by atoms with van der Waals surface area (Å²) in [5, 5.41) is 1.83. The molecule has 33 heavy (non-hydrogen) atoms. The van der Waals surface area contributed by atoms with Crippen molar-refractivity contribution in [3.8, 4) is 16.9 Å². The largest absolute Gasteiger partial charge is 0.375 e. The highest BCUT2D eigenvalue weighted by Gasteiger charge is 2.16. The molecule has 0 radical (unpaired) electrons. The van der Waals surface area contributed by atoms with Crippen LogP contribution >= 0.6 is 0 Å². The van der Waals surface area contributed by atoms with Gasteiger partial charge in [-0.2, -0.15) is 5.06 Å². The number of hydrogen-bond donors (Lipinski definition) is 0. The number of para-hydroxylation sites is 3. The van der Waals surface area contributed by atoms with E-state index in [0.29, 0.717) is 0 Å².